The van der Waals surface area contributed by atoms with E-state index < -0.39 is 0 Å². The van der Waals surface area contributed by atoms with Gasteiger partial charge in [0.1, 0.15) is 0 Å². The lowest BCUT2D eigenvalue weighted by Gasteiger charge is -2.27. The van der Waals surface area contributed by atoms with Crippen LogP contribution in [-0.4, -0.2) is 50.3 Å². The molecule has 2 fully saturated rings. The highest BCUT2D eigenvalue weighted by Gasteiger charge is 2.22. The Hall–Kier alpha value is -0.120. The number of unbranched alkanes of at least 4 members (excludes halogenated alkanes) is 1. The van der Waals surface area contributed by atoms with Crippen molar-refractivity contribution in [2.24, 2.45) is 5.92 Å². The quantitative estimate of drug-likeness (QED) is 0.735. The molecule has 0 aliphatic carbocycles. The molecule has 0 radical (unpaired) electrons. The Bertz CT molecular complexity index is 180. The molecule has 2 rings (SSSR count). The van der Waals surface area contributed by atoms with Crippen molar-refractivity contribution >= 4 is 0 Å². The Morgan fingerprint density at radius 1 is 1.29 bits per heavy atom. The van der Waals surface area contributed by atoms with Gasteiger partial charge in [-0.15, -0.1) is 0 Å². The molecular formula is C14H28N2O. The molecule has 0 aromatic rings. The van der Waals surface area contributed by atoms with E-state index in [-0.39, 0.29) is 0 Å². The van der Waals surface area contributed by atoms with Crippen LogP contribution in [0.15, 0.2) is 0 Å². The van der Waals surface area contributed by atoms with Crippen LogP contribution in [0.2, 0.25) is 0 Å². The topological polar surface area (TPSA) is 24.5 Å². The van der Waals surface area contributed by atoms with Crippen LogP contribution in [0.3, 0.4) is 0 Å². The fourth-order valence-corrected chi connectivity index (χ4v) is 2.96. The summed E-state index contributed by atoms with van der Waals surface area (Å²) < 4.78 is 5.49. The molecule has 0 saturated carbocycles. The van der Waals surface area contributed by atoms with Gasteiger partial charge in [-0.25, -0.2) is 0 Å². The lowest BCUT2D eigenvalue weighted by Crippen LogP contribution is -2.40. The summed E-state index contributed by atoms with van der Waals surface area (Å²) in [5, 5.41) is 3.62. The minimum Gasteiger partial charge on any atom is -0.381 e. The largest absolute Gasteiger partial charge is 0.381 e. The van der Waals surface area contributed by atoms with Crippen molar-refractivity contribution in [3.05, 3.63) is 0 Å². The number of ether oxygens (including phenoxy) is 1. The predicted octanol–water partition coefficient (Wildman–Crippen LogP) is 1.88. The second-order valence-corrected chi connectivity index (χ2v) is 5.64. The molecule has 0 aromatic heterocycles. The zero-order valence-electron chi connectivity index (χ0n) is 11.3. The van der Waals surface area contributed by atoms with Gasteiger partial charge in [-0.05, 0) is 44.7 Å². The van der Waals surface area contributed by atoms with Crippen LogP contribution in [0.5, 0.6) is 0 Å². The molecule has 2 aliphatic rings. The summed E-state index contributed by atoms with van der Waals surface area (Å²) in [7, 11) is 0. The summed E-state index contributed by atoms with van der Waals surface area (Å²) in [5.74, 6) is 0.785. The minimum atomic E-state index is 0.745. The first-order chi connectivity index (χ1) is 8.38. The molecule has 17 heavy (non-hydrogen) atoms. The molecule has 0 amide bonds. The molecule has 3 heteroatoms. The van der Waals surface area contributed by atoms with Gasteiger partial charge >= 0.3 is 0 Å². The summed E-state index contributed by atoms with van der Waals surface area (Å²) in [5.41, 5.74) is 0. The first-order valence-electron chi connectivity index (χ1n) is 7.42. The first kappa shape index (κ1) is 13.3. The number of nitrogens with one attached hydrogen (secondary N) is 1. The van der Waals surface area contributed by atoms with E-state index in [1.54, 1.807) is 0 Å². The van der Waals surface area contributed by atoms with Crippen LogP contribution in [0, 0.1) is 5.92 Å². The maximum absolute atomic E-state index is 5.49. The molecule has 1 N–H and O–H groups in total. The van der Waals surface area contributed by atoms with Gasteiger partial charge in [0.15, 0.2) is 0 Å². The van der Waals surface area contributed by atoms with Crippen molar-refractivity contribution in [1.82, 2.24) is 10.2 Å². The Morgan fingerprint density at radius 3 is 2.88 bits per heavy atom. The second-order valence-electron chi connectivity index (χ2n) is 5.64. The fourth-order valence-electron chi connectivity index (χ4n) is 2.96. The SMILES string of the molecule is CCCCN(CC1CCOC1)CC1CCCN1. The predicted molar refractivity (Wildman–Crippen MR) is 71.3 cm³/mol. The van der Waals surface area contributed by atoms with E-state index in [1.807, 2.05) is 0 Å². The summed E-state index contributed by atoms with van der Waals surface area (Å²) in [6.45, 7) is 9.23. The van der Waals surface area contributed by atoms with Crippen LogP contribution in [0.4, 0.5) is 0 Å². The zero-order valence-corrected chi connectivity index (χ0v) is 11.3. The van der Waals surface area contributed by atoms with E-state index in [0.717, 1.165) is 25.2 Å². The molecule has 2 unspecified atom stereocenters. The van der Waals surface area contributed by atoms with E-state index in [1.165, 1.54) is 58.3 Å². The molecule has 2 saturated heterocycles. The average Bonchev–Trinajstić information content (AvgIpc) is 2.99. The van der Waals surface area contributed by atoms with Gasteiger partial charge in [-0.3, -0.25) is 0 Å². The first-order valence-corrected chi connectivity index (χ1v) is 7.42. The van der Waals surface area contributed by atoms with Gasteiger partial charge in [0, 0.05) is 25.7 Å². The van der Waals surface area contributed by atoms with Gasteiger partial charge in [0.05, 0.1) is 6.61 Å². The molecule has 2 atom stereocenters. The number of hydrogen-bond donors (Lipinski definition) is 1. The molecule has 100 valence electrons. The summed E-state index contributed by atoms with van der Waals surface area (Å²) in [6.07, 6.45) is 6.62. The van der Waals surface area contributed by atoms with Crippen LogP contribution >= 0.6 is 0 Å². The van der Waals surface area contributed by atoms with Crippen molar-refractivity contribution < 1.29 is 4.74 Å². The lowest BCUT2D eigenvalue weighted by molar-refractivity contribution is 0.162. The molecular weight excluding hydrogens is 212 g/mol. The highest BCUT2D eigenvalue weighted by Crippen LogP contribution is 2.16. The Morgan fingerprint density at radius 2 is 2.24 bits per heavy atom. The van der Waals surface area contributed by atoms with E-state index in [0.29, 0.717) is 0 Å². The van der Waals surface area contributed by atoms with Gasteiger partial charge in [0.25, 0.3) is 0 Å². The number of nitrogens with zero attached hydrogens (tertiary/aromatic N) is 1. The van der Waals surface area contributed by atoms with E-state index in [2.05, 4.69) is 17.1 Å². The highest BCUT2D eigenvalue weighted by atomic mass is 16.5. The number of hydrogen-bond acceptors (Lipinski definition) is 3. The average molecular weight is 240 g/mol. The summed E-state index contributed by atoms with van der Waals surface area (Å²) >= 11 is 0. The minimum absolute atomic E-state index is 0.745. The number of rotatable bonds is 7. The standard InChI is InChI=1S/C14H28N2O/c1-2-3-8-16(10-13-6-9-17-12-13)11-14-5-4-7-15-14/h13-15H,2-12H2,1H3. The molecule has 3 nitrogen and oxygen atoms in total. The van der Waals surface area contributed by atoms with Gasteiger partial charge in [-0.1, -0.05) is 13.3 Å². The monoisotopic (exact) mass is 240 g/mol. The Labute approximate surface area is 106 Å². The smallest absolute Gasteiger partial charge is 0.0507 e. The maximum Gasteiger partial charge on any atom is 0.0507 e. The normalized spacial score (nSPS) is 29.3. The maximum atomic E-state index is 5.49. The van der Waals surface area contributed by atoms with Crippen molar-refractivity contribution in [3.63, 3.8) is 0 Å². The van der Waals surface area contributed by atoms with Gasteiger partial charge in [-0.2, -0.15) is 0 Å². The van der Waals surface area contributed by atoms with Crippen LogP contribution < -0.4 is 5.32 Å². The fraction of sp³-hybridized carbons (Fsp3) is 1.00. The van der Waals surface area contributed by atoms with Crippen molar-refractivity contribution in [2.75, 3.05) is 39.4 Å². The second kappa shape index (κ2) is 7.34. The highest BCUT2D eigenvalue weighted by molar-refractivity contribution is 4.79. The van der Waals surface area contributed by atoms with Crippen molar-refractivity contribution in [3.8, 4) is 0 Å². The van der Waals surface area contributed by atoms with Gasteiger partial charge < -0.3 is 15.0 Å². The zero-order chi connectivity index (χ0) is 11.9. The Kier molecular flexibility index (Phi) is 5.75. The van der Waals surface area contributed by atoms with E-state index in [9.17, 15) is 0 Å². The molecule has 0 aromatic carbocycles. The van der Waals surface area contributed by atoms with Crippen molar-refractivity contribution in [1.29, 1.82) is 0 Å². The third kappa shape index (κ3) is 4.57. The molecule has 2 aliphatic heterocycles. The van der Waals surface area contributed by atoms with E-state index >= 15 is 0 Å². The molecule has 0 bridgehead atoms. The third-order valence-electron chi connectivity index (χ3n) is 4.01. The third-order valence-corrected chi connectivity index (χ3v) is 4.01. The summed E-state index contributed by atoms with van der Waals surface area (Å²) in [6, 6.07) is 0.745. The van der Waals surface area contributed by atoms with E-state index in [4.69, 9.17) is 4.74 Å². The molecule has 0 spiro atoms. The Balaban J connectivity index is 1.74. The van der Waals surface area contributed by atoms with Crippen LogP contribution in [0.25, 0.3) is 0 Å². The van der Waals surface area contributed by atoms with Crippen molar-refractivity contribution in [2.45, 2.75) is 45.1 Å². The van der Waals surface area contributed by atoms with Gasteiger partial charge in [0.2, 0.25) is 0 Å². The molecule has 2 heterocycles. The lowest BCUT2D eigenvalue weighted by atomic mass is 10.1. The van der Waals surface area contributed by atoms with Crippen LogP contribution in [-0.2, 0) is 4.74 Å². The van der Waals surface area contributed by atoms with Crippen LogP contribution in [0.1, 0.15) is 39.0 Å². The summed E-state index contributed by atoms with van der Waals surface area (Å²) in [4.78, 5) is 2.67.